The number of rotatable bonds is 2. The van der Waals surface area contributed by atoms with E-state index in [4.69, 9.17) is 5.26 Å². The van der Waals surface area contributed by atoms with Crippen LogP contribution in [-0.4, -0.2) is 4.98 Å². The first-order valence-electron chi connectivity index (χ1n) is 5.48. The van der Waals surface area contributed by atoms with E-state index in [1.54, 1.807) is 0 Å². The molecule has 0 fully saturated rings. The number of nitrogens with zero attached hydrogens (tertiary/aromatic N) is 2. The predicted molar refractivity (Wildman–Crippen MR) is 65.0 cm³/mol. The number of hydrogen-bond acceptors (Lipinski definition) is 2. The molecule has 0 radical (unpaired) electrons. The van der Waals surface area contributed by atoms with Crippen LogP contribution in [0.5, 0.6) is 0 Å². The van der Waals surface area contributed by atoms with Gasteiger partial charge in [0.1, 0.15) is 0 Å². The van der Waals surface area contributed by atoms with Crippen LogP contribution in [0.4, 0.5) is 0 Å². The summed E-state index contributed by atoms with van der Waals surface area (Å²) in [6.45, 7) is 4.39. The first-order chi connectivity index (χ1) is 7.70. The molecule has 0 spiro atoms. The smallest absolute Gasteiger partial charge is 0.0991 e. The fourth-order valence-corrected chi connectivity index (χ4v) is 1.89. The van der Waals surface area contributed by atoms with Gasteiger partial charge in [0.25, 0.3) is 0 Å². The van der Waals surface area contributed by atoms with Crippen LogP contribution < -0.4 is 0 Å². The van der Waals surface area contributed by atoms with E-state index in [2.05, 4.69) is 24.9 Å². The summed E-state index contributed by atoms with van der Waals surface area (Å²) in [7, 11) is 0. The zero-order chi connectivity index (χ0) is 11.5. The number of pyridine rings is 1. The van der Waals surface area contributed by atoms with E-state index < -0.39 is 0 Å². The molecule has 0 aliphatic carbocycles. The third-order valence-electron chi connectivity index (χ3n) is 2.59. The van der Waals surface area contributed by atoms with Gasteiger partial charge in [-0.15, -0.1) is 0 Å². The van der Waals surface area contributed by atoms with Gasteiger partial charge in [0.2, 0.25) is 0 Å². The van der Waals surface area contributed by atoms with E-state index >= 15 is 0 Å². The van der Waals surface area contributed by atoms with E-state index in [1.165, 1.54) is 5.56 Å². The first kappa shape index (κ1) is 10.6. The lowest BCUT2D eigenvalue weighted by atomic mass is 9.98. The lowest BCUT2D eigenvalue weighted by molar-refractivity contribution is 0.650. The zero-order valence-corrected chi connectivity index (χ0v) is 9.57. The highest BCUT2D eigenvalue weighted by atomic mass is 14.6. The van der Waals surface area contributed by atoms with Gasteiger partial charge in [0.05, 0.1) is 17.1 Å². The van der Waals surface area contributed by atoms with Crippen molar-refractivity contribution < 1.29 is 0 Å². The summed E-state index contributed by atoms with van der Waals surface area (Å²) in [4.78, 5) is 4.32. The second-order valence-electron chi connectivity index (χ2n) is 4.41. The number of hydrogen-bond donors (Lipinski definition) is 0. The average Bonchev–Trinajstić information content (AvgIpc) is 2.28. The summed E-state index contributed by atoms with van der Waals surface area (Å²) in [6.07, 6.45) is 2.86. The van der Waals surface area contributed by atoms with Crippen molar-refractivity contribution in [1.29, 1.82) is 5.26 Å². The number of fused-ring (bicyclic) bond motifs is 1. The van der Waals surface area contributed by atoms with Gasteiger partial charge < -0.3 is 0 Å². The highest BCUT2D eigenvalue weighted by molar-refractivity contribution is 5.83. The van der Waals surface area contributed by atoms with Gasteiger partial charge in [-0.3, -0.25) is 4.98 Å². The first-order valence-corrected chi connectivity index (χ1v) is 5.48. The van der Waals surface area contributed by atoms with Crippen molar-refractivity contribution in [3.05, 3.63) is 41.6 Å². The summed E-state index contributed by atoms with van der Waals surface area (Å²) in [5.41, 5.74) is 2.94. The maximum absolute atomic E-state index is 8.90. The van der Waals surface area contributed by atoms with Gasteiger partial charge >= 0.3 is 0 Å². The van der Waals surface area contributed by atoms with Crippen molar-refractivity contribution in [3.8, 4) is 6.07 Å². The van der Waals surface area contributed by atoms with Crippen molar-refractivity contribution in [3.63, 3.8) is 0 Å². The Hall–Kier alpha value is -1.88. The van der Waals surface area contributed by atoms with Crippen molar-refractivity contribution in [2.24, 2.45) is 5.92 Å². The summed E-state index contributed by atoms with van der Waals surface area (Å²) in [5.74, 6) is 0.608. The Morgan fingerprint density at radius 1 is 1.31 bits per heavy atom. The minimum atomic E-state index is 0.608. The highest BCUT2D eigenvalue weighted by Gasteiger charge is 2.05. The molecule has 2 rings (SSSR count). The molecule has 2 heteroatoms. The Labute approximate surface area is 95.6 Å². The number of nitriles is 1. The lowest BCUT2D eigenvalue weighted by Crippen LogP contribution is -1.96. The number of benzene rings is 1. The van der Waals surface area contributed by atoms with Crippen LogP contribution in [0.2, 0.25) is 0 Å². The molecule has 0 amide bonds. The van der Waals surface area contributed by atoms with E-state index in [-0.39, 0.29) is 0 Å². The maximum atomic E-state index is 8.90. The van der Waals surface area contributed by atoms with Crippen molar-refractivity contribution >= 4 is 10.9 Å². The Morgan fingerprint density at radius 3 is 2.81 bits per heavy atom. The Bertz CT molecular complexity index is 550. The minimum Gasteiger partial charge on any atom is -0.256 e. The van der Waals surface area contributed by atoms with Crippen LogP contribution in [0.25, 0.3) is 10.9 Å². The van der Waals surface area contributed by atoms with Crippen LogP contribution in [-0.2, 0) is 6.42 Å². The van der Waals surface area contributed by atoms with Gasteiger partial charge in [-0.2, -0.15) is 5.26 Å². The topological polar surface area (TPSA) is 36.7 Å². The van der Waals surface area contributed by atoms with Crippen LogP contribution in [0.1, 0.15) is 25.0 Å². The molecule has 1 aromatic carbocycles. The third-order valence-corrected chi connectivity index (χ3v) is 2.59. The van der Waals surface area contributed by atoms with E-state index in [0.29, 0.717) is 11.5 Å². The summed E-state index contributed by atoms with van der Waals surface area (Å²) in [6, 6.07) is 9.88. The van der Waals surface area contributed by atoms with Crippen molar-refractivity contribution in [1.82, 2.24) is 4.98 Å². The SMILES string of the molecule is CC(C)Cc1ccnc2ccc(C#N)cc12. The van der Waals surface area contributed by atoms with Crippen molar-refractivity contribution in [2.45, 2.75) is 20.3 Å². The lowest BCUT2D eigenvalue weighted by Gasteiger charge is -2.08. The Kier molecular flexibility index (Phi) is 2.87. The number of aromatic nitrogens is 1. The standard InChI is InChI=1S/C14H14N2/c1-10(2)7-12-5-6-16-14-4-3-11(9-15)8-13(12)14/h3-6,8,10H,7H2,1-2H3. The molecule has 0 unspecified atom stereocenters. The quantitative estimate of drug-likeness (QED) is 0.762. The van der Waals surface area contributed by atoms with E-state index in [9.17, 15) is 0 Å². The second kappa shape index (κ2) is 4.32. The Balaban J connectivity index is 2.60. The molecule has 0 aliphatic heterocycles. The molecule has 0 saturated carbocycles. The van der Waals surface area contributed by atoms with E-state index in [1.807, 2.05) is 30.5 Å². The highest BCUT2D eigenvalue weighted by Crippen LogP contribution is 2.20. The van der Waals surface area contributed by atoms with Crippen molar-refractivity contribution in [2.75, 3.05) is 0 Å². The normalized spacial score (nSPS) is 10.6. The molecule has 0 atom stereocenters. The summed E-state index contributed by atoms with van der Waals surface area (Å²) in [5, 5.41) is 10.0. The second-order valence-corrected chi connectivity index (χ2v) is 4.41. The molecule has 2 nitrogen and oxygen atoms in total. The van der Waals surface area contributed by atoms with Gasteiger partial charge in [0, 0.05) is 11.6 Å². The molecule has 0 N–H and O–H groups in total. The largest absolute Gasteiger partial charge is 0.256 e. The van der Waals surface area contributed by atoms with Crippen LogP contribution in [0.3, 0.4) is 0 Å². The maximum Gasteiger partial charge on any atom is 0.0991 e. The van der Waals surface area contributed by atoms with Gasteiger partial charge in [-0.1, -0.05) is 13.8 Å². The summed E-state index contributed by atoms with van der Waals surface area (Å²) >= 11 is 0. The molecule has 1 heterocycles. The fraction of sp³-hybridized carbons (Fsp3) is 0.286. The third kappa shape index (κ3) is 2.04. The van der Waals surface area contributed by atoms with Gasteiger partial charge in [-0.05, 0) is 42.2 Å². The molecule has 80 valence electrons. The molecule has 0 aliphatic rings. The molecule has 1 aromatic heterocycles. The van der Waals surface area contributed by atoms with Gasteiger partial charge in [0.15, 0.2) is 0 Å². The molecule has 2 aromatic rings. The minimum absolute atomic E-state index is 0.608. The van der Waals surface area contributed by atoms with Crippen LogP contribution in [0, 0.1) is 17.2 Å². The van der Waals surface area contributed by atoms with E-state index in [0.717, 1.165) is 17.3 Å². The molecule has 0 saturated heterocycles. The monoisotopic (exact) mass is 210 g/mol. The molecule has 0 bridgehead atoms. The van der Waals surface area contributed by atoms with Crippen LogP contribution >= 0.6 is 0 Å². The Morgan fingerprint density at radius 2 is 2.12 bits per heavy atom. The molecular formula is C14H14N2. The molecule has 16 heavy (non-hydrogen) atoms. The molecular weight excluding hydrogens is 196 g/mol. The van der Waals surface area contributed by atoms with Crippen LogP contribution in [0.15, 0.2) is 30.5 Å². The fourth-order valence-electron chi connectivity index (χ4n) is 1.89. The zero-order valence-electron chi connectivity index (χ0n) is 9.57. The summed E-state index contributed by atoms with van der Waals surface area (Å²) < 4.78 is 0. The predicted octanol–water partition coefficient (Wildman–Crippen LogP) is 3.30. The van der Waals surface area contributed by atoms with Gasteiger partial charge in [-0.25, -0.2) is 0 Å². The average molecular weight is 210 g/mol.